The van der Waals surface area contributed by atoms with Crippen LogP contribution in [0.2, 0.25) is 0 Å². The van der Waals surface area contributed by atoms with E-state index in [2.05, 4.69) is 21.8 Å². The van der Waals surface area contributed by atoms with E-state index in [0.29, 0.717) is 42.9 Å². The molecule has 2 aliphatic heterocycles. The minimum Gasteiger partial charge on any atom is -0.295 e. The Labute approximate surface area is 195 Å². The number of halogens is 2. The van der Waals surface area contributed by atoms with Crippen LogP contribution < -0.4 is 4.31 Å². The number of piperidine rings is 1. The largest absolute Gasteiger partial charge is 0.295 e. The van der Waals surface area contributed by atoms with Crippen molar-refractivity contribution in [1.29, 1.82) is 0 Å². The van der Waals surface area contributed by atoms with E-state index in [1.165, 1.54) is 45.3 Å². The number of likely N-dealkylation sites (tertiary alicyclic amines) is 1. The third-order valence-corrected chi connectivity index (χ3v) is 8.70. The SMILES string of the molecule is C[C@H]1C[C@@]2(C=CS(=O)(=O)N2c2cccc(F)c2)CCN1Cc1scnc1-c1cncc(F)c1. The van der Waals surface area contributed by atoms with E-state index in [1.54, 1.807) is 23.8 Å². The number of aromatic nitrogens is 2. The number of anilines is 1. The Morgan fingerprint density at radius 1 is 1.21 bits per heavy atom. The molecule has 0 radical (unpaired) electrons. The highest BCUT2D eigenvalue weighted by atomic mass is 32.2. The fourth-order valence-electron chi connectivity index (χ4n) is 4.82. The smallest absolute Gasteiger partial charge is 0.258 e. The maximum absolute atomic E-state index is 13.9. The van der Waals surface area contributed by atoms with E-state index in [-0.39, 0.29) is 6.04 Å². The number of pyridine rings is 1. The van der Waals surface area contributed by atoms with Gasteiger partial charge in [0.15, 0.2) is 0 Å². The minimum atomic E-state index is -3.69. The average Bonchev–Trinajstić information content (AvgIpc) is 3.32. The highest BCUT2D eigenvalue weighted by molar-refractivity contribution is 7.96. The number of nitrogens with zero attached hydrogens (tertiary/aromatic N) is 4. The molecular formula is C23H22F2N4O2S2. The average molecular weight is 489 g/mol. The van der Waals surface area contributed by atoms with Crippen LogP contribution in [0.1, 0.15) is 24.6 Å². The van der Waals surface area contributed by atoms with Crippen LogP contribution in [0.5, 0.6) is 0 Å². The molecule has 33 heavy (non-hydrogen) atoms. The second-order valence-electron chi connectivity index (χ2n) is 8.49. The summed E-state index contributed by atoms with van der Waals surface area (Å²) in [7, 11) is -3.69. The molecule has 1 spiro atoms. The lowest BCUT2D eigenvalue weighted by Crippen LogP contribution is -2.56. The molecule has 1 saturated heterocycles. The second-order valence-corrected chi connectivity index (χ2v) is 11.1. The van der Waals surface area contributed by atoms with Gasteiger partial charge in [-0.05, 0) is 50.1 Å². The fourth-order valence-corrected chi connectivity index (χ4v) is 7.31. The van der Waals surface area contributed by atoms with Gasteiger partial charge in [0.05, 0.1) is 28.6 Å². The van der Waals surface area contributed by atoms with E-state index in [4.69, 9.17) is 0 Å². The number of hydrogen-bond acceptors (Lipinski definition) is 6. The lowest BCUT2D eigenvalue weighted by atomic mass is 9.83. The van der Waals surface area contributed by atoms with Gasteiger partial charge in [-0.15, -0.1) is 11.3 Å². The lowest BCUT2D eigenvalue weighted by molar-refractivity contribution is 0.121. The van der Waals surface area contributed by atoms with Gasteiger partial charge in [0.25, 0.3) is 10.0 Å². The number of thiazole rings is 1. The van der Waals surface area contributed by atoms with Crippen LogP contribution in [0.4, 0.5) is 14.5 Å². The Morgan fingerprint density at radius 3 is 2.82 bits per heavy atom. The molecule has 172 valence electrons. The van der Waals surface area contributed by atoms with Crippen molar-refractivity contribution in [3.05, 3.63) is 76.2 Å². The van der Waals surface area contributed by atoms with E-state index >= 15 is 0 Å². The standard InChI is InChI=1S/C23H22F2N4O2S2/c1-16-11-23(6-8-33(30,31)29(23)20-4-2-3-18(24)10-20)5-7-28(16)14-21-22(27-15-32-21)17-9-19(25)13-26-12-17/h2-4,6,8-10,12-13,15-16H,5,7,11,14H2,1H3/t16-,23-/m0/s1. The van der Waals surface area contributed by atoms with Crippen LogP contribution >= 0.6 is 11.3 Å². The molecule has 0 saturated carbocycles. The van der Waals surface area contributed by atoms with Gasteiger partial charge < -0.3 is 0 Å². The Bertz CT molecular complexity index is 1330. The van der Waals surface area contributed by atoms with Gasteiger partial charge in [0.1, 0.15) is 11.6 Å². The maximum atomic E-state index is 13.9. The third-order valence-electron chi connectivity index (χ3n) is 6.32. The highest BCUT2D eigenvalue weighted by Gasteiger charge is 2.49. The first-order valence-electron chi connectivity index (χ1n) is 10.5. The molecule has 0 N–H and O–H groups in total. The molecule has 0 amide bonds. The number of rotatable bonds is 4. The first kappa shape index (κ1) is 22.1. The number of sulfonamides is 1. The molecule has 2 aliphatic rings. The molecule has 6 nitrogen and oxygen atoms in total. The van der Waals surface area contributed by atoms with Gasteiger partial charge in [-0.1, -0.05) is 6.07 Å². The molecule has 10 heteroatoms. The monoisotopic (exact) mass is 488 g/mol. The van der Waals surface area contributed by atoms with Crippen LogP contribution in [0.3, 0.4) is 0 Å². The Kier molecular flexibility index (Phi) is 5.54. The Balaban J connectivity index is 1.39. The summed E-state index contributed by atoms with van der Waals surface area (Å²) in [6.45, 7) is 3.32. The van der Waals surface area contributed by atoms with Crippen molar-refractivity contribution in [3.63, 3.8) is 0 Å². The third kappa shape index (κ3) is 4.07. The van der Waals surface area contributed by atoms with Crippen LogP contribution in [-0.2, 0) is 16.6 Å². The molecular weight excluding hydrogens is 466 g/mol. The molecule has 4 heterocycles. The topological polar surface area (TPSA) is 66.4 Å². The van der Waals surface area contributed by atoms with E-state index in [9.17, 15) is 17.2 Å². The van der Waals surface area contributed by atoms with Crippen molar-refractivity contribution in [2.75, 3.05) is 10.8 Å². The van der Waals surface area contributed by atoms with Crippen LogP contribution in [-0.4, -0.2) is 41.4 Å². The summed E-state index contributed by atoms with van der Waals surface area (Å²) >= 11 is 1.50. The second kappa shape index (κ2) is 8.27. The molecule has 0 bridgehead atoms. The zero-order valence-electron chi connectivity index (χ0n) is 17.9. The zero-order valence-corrected chi connectivity index (χ0v) is 19.5. The van der Waals surface area contributed by atoms with Crippen molar-refractivity contribution in [2.24, 2.45) is 0 Å². The quantitative estimate of drug-likeness (QED) is 0.538. The predicted octanol–water partition coefficient (Wildman–Crippen LogP) is 4.57. The summed E-state index contributed by atoms with van der Waals surface area (Å²) in [5.41, 5.74) is 2.69. The lowest BCUT2D eigenvalue weighted by Gasteiger charge is -2.47. The first-order chi connectivity index (χ1) is 15.8. The normalized spacial score (nSPS) is 24.6. The van der Waals surface area contributed by atoms with Gasteiger partial charge in [0, 0.05) is 41.2 Å². The molecule has 0 unspecified atom stereocenters. The summed E-state index contributed by atoms with van der Waals surface area (Å²) in [5, 5.41) is 1.23. The zero-order chi connectivity index (χ0) is 23.2. The summed E-state index contributed by atoms with van der Waals surface area (Å²) in [4.78, 5) is 11.6. The van der Waals surface area contributed by atoms with Crippen LogP contribution in [0, 0.1) is 11.6 Å². The van der Waals surface area contributed by atoms with Crippen molar-refractivity contribution >= 4 is 27.0 Å². The number of hydrogen-bond donors (Lipinski definition) is 0. The summed E-state index contributed by atoms with van der Waals surface area (Å²) < 4.78 is 54.7. The fraction of sp³-hybridized carbons (Fsp3) is 0.304. The maximum Gasteiger partial charge on any atom is 0.258 e. The summed E-state index contributed by atoms with van der Waals surface area (Å²) in [5.74, 6) is -0.883. The predicted molar refractivity (Wildman–Crippen MR) is 124 cm³/mol. The van der Waals surface area contributed by atoms with Gasteiger partial charge in [-0.3, -0.25) is 14.2 Å². The first-order valence-corrected chi connectivity index (χ1v) is 12.9. The van der Waals surface area contributed by atoms with E-state index in [0.717, 1.165) is 11.1 Å². The van der Waals surface area contributed by atoms with Gasteiger partial charge in [0.2, 0.25) is 0 Å². The Hall–Kier alpha value is -2.69. The summed E-state index contributed by atoms with van der Waals surface area (Å²) in [6.07, 6.45) is 5.64. The van der Waals surface area contributed by atoms with Gasteiger partial charge in [-0.25, -0.2) is 22.2 Å². The van der Waals surface area contributed by atoms with Crippen molar-refractivity contribution in [1.82, 2.24) is 14.9 Å². The van der Waals surface area contributed by atoms with Crippen LogP contribution in [0.25, 0.3) is 11.3 Å². The molecule has 1 aromatic carbocycles. The molecule has 2 aromatic heterocycles. The van der Waals surface area contributed by atoms with E-state index < -0.39 is 27.2 Å². The molecule has 0 aliphatic carbocycles. The molecule has 5 rings (SSSR count). The summed E-state index contributed by atoms with van der Waals surface area (Å²) in [6, 6.07) is 7.19. The highest BCUT2D eigenvalue weighted by Crippen LogP contribution is 2.44. The van der Waals surface area contributed by atoms with Crippen LogP contribution in [0.15, 0.2) is 59.7 Å². The molecule has 3 aromatic rings. The minimum absolute atomic E-state index is 0.0494. The van der Waals surface area contributed by atoms with Gasteiger partial charge in [-0.2, -0.15) is 0 Å². The van der Waals surface area contributed by atoms with Crippen molar-refractivity contribution in [2.45, 2.75) is 37.9 Å². The van der Waals surface area contributed by atoms with Gasteiger partial charge >= 0.3 is 0 Å². The molecule has 1 fully saturated rings. The Morgan fingerprint density at radius 2 is 2.06 bits per heavy atom. The van der Waals surface area contributed by atoms with Crippen molar-refractivity contribution in [3.8, 4) is 11.3 Å². The van der Waals surface area contributed by atoms with Crippen molar-refractivity contribution < 1.29 is 17.2 Å². The molecule has 2 atom stereocenters. The number of benzene rings is 1. The van der Waals surface area contributed by atoms with E-state index in [1.807, 2.05) is 0 Å².